The first-order valence-electron chi connectivity index (χ1n) is 19.4. The van der Waals surface area contributed by atoms with E-state index in [1.54, 1.807) is 0 Å². The molecule has 0 bridgehead atoms. The number of hydrogen-bond donors (Lipinski definition) is 0. The monoisotopic (exact) mass is 692 g/mol. The van der Waals surface area contributed by atoms with Crippen molar-refractivity contribution in [3.05, 3.63) is 216 Å². The van der Waals surface area contributed by atoms with E-state index in [2.05, 4.69) is 194 Å². The van der Waals surface area contributed by atoms with Gasteiger partial charge in [0.15, 0.2) is 0 Å². The van der Waals surface area contributed by atoms with Gasteiger partial charge < -0.3 is 0 Å². The van der Waals surface area contributed by atoms with Crippen LogP contribution in [0.4, 0.5) is 0 Å². The highest BCUT2D eigenvalue weighted by atomic mass is 14.5. The molecule has 0 unspecified atom stereocenters. The van der Waals surface area contributed by atoms with Gasteiger partial charge in [0, 0.05) is 0 Å². The molecule has 252 valence electrons. The van der Waals surface area contributed by atoms with Crippen LogP contribution in [0.3, 0.4) is 0 Å². The Morgan fingerprint density at radius 3 is 1.22 bits per heavy atom. The molecule has 0 aliphatic heterocycles. The highest BCUT2D eigenvalue weighted by Crippen LogP contribution is 2.67. The van der Waals surface area contributed by atoms with Gasteiger partial charge in [-0.1, -0.05) is 182 Å². The third kappa shape index (κ3) is 3.58. The van der Waals surface area contributed by atoms with Crippen LogP contribution in [0.5, 0.6) is 0 Å². The van der Waals surface area contributed by atoms with Crippen molar-refractivity contribution in [2.45, 2.75) is 5.41 Å². The SMILES string of the molecule is c1ccc2c(c1)-c1ccccc1C21c2c(cc(-c3ccc4c5ccccc5c5ccccc5c4c3)c3ccccc23)-c2c1c1ccccc1c1ccccc21. The van der Waals surface area contributed by atoms with Gasteiger partial charge in [0.1, 0.15) is 0 Å². The lowest BCUT2D eigenvalue weighted by Gasteiger charge is -2.33. The van der Waals surface area contributed by atoms with Crippen molar-refractivity contribution in [1.29, 1.82) is 0 Å². The molecule has 2 aliphatic rings. The minimum atomic E-state index is -0.488. The minimum absolute atomic E-state index is 0.488. The van der Waals surface area contributed by atoms with Crippen LogP contribution in [0.2, 0.25) is 0 Å². The molecule has 0 saturated carbocycles. The van der Waals surface area contributed by atoms with Crippen molar-refractivity contribution >= 4 is 64.6 Å². The maximum atomic E-state index is 2.56. The standard InChI is InChI=1S/C55H32/c1-2-17-36-34(15-1)35-16-3-4-20-39(35)48-31-33(29-30-41(36)48)47-32-49-52-44-24-8-5-18-37(44)38-19-6-10-26-46(38)54(52)55(53(49)45-25-9-7-21-40(45)47)50-27-13-11-22-42(50)43-23-12-14-28-51(43)55/h1-32H. The molecule has 0 N–H and O–H groups in total. The normalized spacial score (nSPS) is 13.6. The minimum Gasteiger partial charge on any atom is -0.0619 e. The van der Waals surface area contributed by atoms with E-state index in [4.69, 9.17) is 0 Å². The molecule has 0 aromatic heterocycles. The van der Waals surface area contributed by atoms with Crippen LogP contribution < -0.4 is 0 Å². The molecule has 55 heavy (non-hydrogen) atoms. The summed E-state index contributed by atoms with van der Waals surface area (Å²) in [6, 6.07) is 73.3. The predicted octanol–water partition coefficient (Wildman–Crippen LogP) is 14.6. The topological polar surface area (TPSA) is 0 Å². The lowest BCUT2D eigenvalue weighted by atomic mass is 9.68. The van der Waals surface area contributed by atoms with E-state index in [1.807, 2.05) is 0 Å². The van der Waals surface area contributed by atoms with Gasteiger partial charge in [-0.25, -0.2) is 0 Å². The van der Waals surface area contributed by atoms with Crippen LogP contribution in [0, 0.1) is 0 Å². The summed E-state index contributed by atoms with van der Waals surface area (Å²) in [6.45, 7) is 0. The average Bonchev–Trinajstić information content (AvgIpc) is 3.74. The smallest absolute Gasteiger partial charge is 0.0619 e. The van der Waals surface area contributed by atoms with Gasteiger partial charge in [-0.2, -0.15) is 0 Å². The summed E-state index contributed by atoms with van der Waals surface area (Å²) in [7, 11) is 0. The molecule has 0 nitrogen and oxygen atoms in total. The van der Waals surface area contributed by atoms with Crippen LogP contribution in [0.1, 0.15) is 22.3 Å². The van der Waals surface area contributed by atoms with Gasteiger partial charge >= 0.3 is 0 Å². The van der Waals surface area contributed by atoms with Crippen molar-refractivity contribution in [3.8, 4) is 33.4 Å². The number of benzene rings is 11. The Balaban J connectivity index is 1.24. The van der Waals surface area contributed by atoms with E-state index in [1.165, 1.54) is 120 Å². The molecule has 0 heteroatoms. The van der Waals surface area contributed by atoms with Gasteiger partial charge in [0.05, 0.1) is 5.41 Å². The molecule has 0 atom stereocenters. The summed E-state index contributed by atoms with van der Waals surface area (Å²) in [4.78, 5) is 0. The molecule has 11 aromatic rings. The largest absolute Gasteiger partial charge is 0.0737 e. The quantitative estimate of drug-likeness (QED) is 0.150. The molecule has 2 aliphatic carbocycles. The first-order valence-corrected chi connectivity index (χ1v) is 19.4. The molecular weight excluding hydrogens is 661 g/mol. The lowest BCUT2D eigenvalue weighted by Crippen LogP contribution is -2.26. The van der Waals surface area contributed by atoms with Crippen LogP contribution in [-0.4, -0.2) is 0 Å². The fourth-order valence-electron chi connectivity index (χ4n) is 11.0. The first kappa shape index (κ1) is 29.4. The van der Waals surface area contributed by atoms with Crippen molar-refractivity contribution < 1.29 is 0 Å². The maximum Gasteiger partial charge on any atom is 0.0737 e. The fraction of sp³-hybridized carbons (Fsp3) is 0.0182. The summed E-state index contributed by atoms with van der Waals surface area (Å²) in [5, 5.41) is 15.6. The summed E-state index contributed by atoms with van der Waals surface area (Å²) in [6.07, 6.45) is 0. The zero-order chi connectivity index (χ0) is 35.8. The van der Waals surface area contributed by atoms with Crippen LogP contribution >= 0.6 is 0 Å². The predicted molar refractivity (Wildman–Crippen MR) is 233 cm³/mol. The van der Waals surface area contributed by atoms with E-state index in [-0.39, 0.29) is 0 Å². The Kier molecular flexibility index (Phi) is 5.65. The highest BCUT2D eigenvalue weighted by molar-refractivity contribution is 6.27. The molecule has 0 heterocycles. The second kappa shape index (κ2) is 10.6. The summed E-state index contributed by atoms with van der Waals surface area (Å²) >= 11 is 0. The second-order valence-electron chi connectivity index (χ2n) is 15.4. The van der Waals surface area contributed by atoms with Gasteiger partial charge in [-0.15, -0.1) is 0 Å². The Labute approximate surface area is 318 Å². The van der Waals surface area contributed by atoms with Gasteiger partial charge in [-0.05, 0) is 132 Å². The lowest BCUT2D eigenvalue weighted by molar-refractivity contribution is 0.809. The third-order valence-corrected chi connectivity index (χ3v) is 13.0. The summed E-state index contributed by atoms with van der Waals surface area (Å²) < 4.78 is 0. The van der Waals surface area contributed by atoms with Crippen LogP contribution in [0.25, 0.3) is 98.0 Å². The van der Waals surface area contributed by atoms with Crippen LogP contribution in [0.15, 0.2) is 194 Å². The molecule has 13 rings (SSSR count). The van der Waals surface area contributed by atoms with Crippen molar-refractivity contribution in [2.24, 2.45) is 0 Å². The van der Waals surface area contributed by atoms with Crippen molar-refractivity contribution in [3.63, 3.8) is 0 Å². The molecule has 0 fully saturated rings. The number of fused-ring (bicyclic) bond motifs is 23. The molecule has 0 saturated heterocycles. The summed E-state index contributed by atoms with van der Waals surface area (Å²) in [5.41, 5.74) is 12.9. The summed E-state index contributed by atoms with van der Waals surface area (Å²) in [5.74, 6) is 0. The van der Waals surface area contributed by atoms with Crippen molar-refractivity contribution in [2.75, 3.05) is 0 Å². The fourth-order valence-corrected chi connectivity index (χ4v) is 11.0. The van der Waals surface area contributed by atoms with Crippen LogP contribution in [-0.2, 0) is 5.41 Å². The van der Waals surface area contributed by atoms with E-state index in [0.29, 0.717) is 0 Å². The van der Waals surface area contributed by atoms with Gasteiger partial charge in [0.2, 0.25) is 0 Å². The molecular formula is C55H32. The average molecular weight is 693 g/mol. The number of hydrogen-bond acceptors (Lipinski definition) is 0. The highest BCUT2D eigenvalue weighted by Gasteiger charge is 2.54. The molecule has 1 spiro atoms. The molecule has 11 aromatic carbocycles. The van der Waals surface area contributed by atoms with E-state index >= 15 is 0 Å². The van der Waals surface area contributed by atoms with Gasteiger partial charge in [0.25, 0.3) is 0 Å². The van der Waals surface area contributed by atoms with E-state index < -0.39 is 5.41 Å². The Morgan fingerprint density at radius 2 is 0.636 bits per heavy atom. The van der Waals surface area contributed by atoms with E-state index in [0.717, 1.165) is 0 Å². The Hall–Kier alpha value is -7.02. The number of rotatable bonds is 1. The maximum absolute atomic E-state index is 2.56. The van der Waals surface area contributed by atoms with E-state index in [9.17, 15) is 0 Å². The third-order valence-electron chi connectivity index (χ3n) is 13.0. The zero-order valence-corrected chi connectivity index (χ0v) is 30.0. The Morgan fingerprint density at radius 1 is 0.236 bits per heavy atom. The van der Waals surface area contributed by atoms with Crippen molar-refractivity contribution in [1.82, 2.24) is 0 Å². The Bertz CT molecular complexity index is 3410. The first-order chi connectivity index (χ1) is 27.3. The second-order valence-corrected chi connectivity index (χ2v) is 15.4. The van der Waals surface area contributed by atoms with Gasteiger partial charge in [-0.3, -0.25) is 0 Å². The molecule has 0 amide bonds. The zero-order valence-electron chi connectivity index (χ0n) is 30.0. The molecule has 0 radical (unpaired) electrons.